The van der Waals surface area contributed by atoms with Crippen LogP contribution in [-0.4, -0.2) is 73.4 Å². The minimum atomic E-state index is -4.33. The van der Waals surface area contributed by atoms with E-state index in [4.69, 9.17) is 9.05 Å². The molecule has 0 aromatic rings. The summed E-state index contributed by atoms with van der Waals surface area (Å²) in [6.07, 6.45) is 75.5. The number of phosphoric acid groups is 1. The Morgan fingerprint density at radius 2 is 0.750 bits per heavy atom. The van der Waals surface area contributed by atoms with Crippen LogP contribution in [0.2, 0.25) is 0 Å². The molecular weight excluding hydrogens is 960 g/mol. The molecule has 0 radical (unpaired) electrons. The molecule has 0 aromatic heterocycles. The van der Waals surface area contributed by atoms with Crippen LogP contribution < -0.4 is 5.32 Å². The van der Waals surface area contributed by atoms with Crippen LogP contribution in [0.25, 0.3) is 0 Å². The number of phosphoric ester groups is 1. The van der Waals surface area contributed by atoms with E-state index >= 15 is 0 Å². The van der Waals surface area contributed by atoms with Gasteiger partial charge in [-0.2, -0.15) is 0 Å². The van der Waals surface area contributed by atoms with Gasteiger partial charge in [-0.05, 0) is 44.9 Å². The lowest BCUT2D eigenvalue weighted by atomic mass is 10.0. The Hall–Kier alpha value is -1.02. The van der Waals surface area contributed by atoms with Gasteiger partial charge in [-0.15, -0.1) is 0 Å². The molecule has 76 heavy (non-hydrogen) atoms. The molecule has 0 aromatic carbocycles. The summed E-state index contributed by atoms with van der Waals surface area (Å²) in [5, 5.41) is 14.1. The molecular formula is C67H134N2O6P+. The standard InChI is InChI=1S/C67H133N2O6P/c1-6-8-10-12-14-16-18-20-22-24-26-28-30-31-32-33-34-35-36-37-39-41-43-45-47-49-51-53-55-57-59-61-67(71)68-65(64-75-76(72,73)74-63-62-69(3,4)5)66(70)60-58-56-54-52-50-48-46-44-42-40-38-29-27-25-23-21-19-17-15-13-11-9-7-2/h26,28,31-32,65-66,70H,6-25,27,29-30,33-64H2,1-5H3,(H-,68,71,72,73)/p+1/b28-26-,32-31-. The van der Waals surface area contributed by atoms with Gasteiger partial charge in [0.2, 0.25) is 5.91 Å². The van der Waals surface area contributed by atoms with Crippen LogP contribution in [0.1, 0.15) is 348 Å². The topological polar surface area (TPSA) is 105 Å². The predicted octanol–water partition coefficient (Wildman–Crippen LogP) is 21.1. The summed E-state index contributed by atoms with van der Waals surface area (Å²) in [6.45, 7) is 4.95. The first-order chi connectivity index (χ1) is 37.0. The highest BCUT2D eigenvalue weighted by atomic mass is 31.2. The average Bonchev–Trinajstić information content (AvgIpc) is 3.38. The van der Waals surface area contributed by atoms with Crippen molar-refractivity contribution < 1.29 is 32.9 Å². The molecule has 0 fully saturated rings. The average molecular weight is 1090 g/mol. The summed E-state index contributed by atoms with van der Waals surface area (Å²) in [5.41, 5.74) is 0. The van der Waals surface area contributed by atoms with Crippen molar-refractivity contribution in [3.63, 3.8) is 0 Å². The van der Waals surface area contributed by atoms with Gasteiger partial charge in [0.25, 0.3) is 0 Å². The maximum absolute atomic E-state index is 13.1. The zero-order valence-corrected chi connectivity index (χ0v) is 52.7. The van der Waals surface area contributed by atoms with E-state index in [0.29, 0.717) is 23.9 Å². The summed E-state index contributed by atoms with van der Waals surface area (Å²) in [4.78, 5) is 23.4. The molecule has 3 N–H and O–H groups in total. The largest absolute Gasteiger partial charge is 0.472 e. The third kappa shape index (κ3) is 60.6. The van der Waals surface area contributed by atoms with Crippen molar-refractivity contribution in [1.82, 2.24) is 5.32 Å². The Bertz CT molecular complexity index is 1290. The van der Waals surface area contributed by atoms with E-state index in [9.17, 15) is 19.4 Å². The number of hydrogen-bond acceptors (Lipinski definition) is 5. The zero-order chi connectivity index (χ0) is 55.6. The van der Waals surface area contributed by atoms with Crippen LogP contribution in [0.3, 0.4) is 0 Å². The molecule has 0 heterocycles. The molecule has 0 spiro atoms. The van der Waals surface area contributed by atoms with Crippen LogP contribution in [0.5, 0.6) is 0 Å². The van der Waals surface area contributed by atoms with Crippen molar-refractivity contribution in [2.75, 3.05) is 40.9 Å². The first-order valence-corrected chi connectivity index (χ1v) is 35.2. The van der Waals surface area contributed by atoms with Gasteiger partial charge in [0, 0.05) is 6.42 Å². The van der Waals surface area contributed by atoms with E-state index in [1.54, 1.807) is 0 Å². The number of likely N-dealkylation sites (N-methyl/N-ethyl adjacent to an activating group) is 1. The summed E-state index contributed by atoms with van der Waals surface area (Å²) >= 11 is 0. The maximum Gasteiger partial charge on any atom is 0.472 e. The molecule has 0 aliphatic heterocycles. The van der Waals surface area contributed by atoms with Crippen molar-refractivity contribution in [2.45, 2.75) is 360 Å². The molecule has 0 rings (SSSR count). The summed E-state index contributed by atoms with van der Waals surface area (Å²) in [7, 11) is 1.63. The first kappa shape index (κ1) is 75.0. The van der Waals surface area contributed by atoms with Crippen molar-refractivity contribution >= 4 is 13.7 Å². The summed E-state index contributed by atoms with van der Waals surface area (Å²) in [5.74, 6) is -0.138. The van der Waals surface area contributed by atoms with Crippen molar-refractivity contribution in [3.8, 4) is 0 Å². The second kappa shape index (κ2) is 58.6. The summed E-state index contributed by atoms with van der Waals surface area (Å²) < 4.78 is 23.9. The maximum atomic E-state index is 13.1. The quantitative estimate of drug-likeness (QED) is 0.0243. The van der Waals surface area contributed by atoms with Gasteiger partial charge in [-0.3, -0.25) is 13.8 Å². The second-order valence-electron chi connectivity index (χ2n) is 24.6. The Morgan fingerprint density at radius 3 is 1.08 bits per heavy atom. The van der Waals surface area contributed by atoms with Gasteiger partial charge < -0.3 is 19.8 Å². The number of nitrogens with one attached hydrogen (secondary N) is 1. The minimum Gasteiger partial charge on any atom is -0.391 e. The number of amides is 1. The smallest absolute Gasteiger partial charge is 0.391 e. The zero-order valence-electron chi connectivity index (χ0n) is 51.8. The lowest BCUT2D eigenvalue weighted by molar-refractivity contribution is -0.870. The number of allylic oxidation sites excluding steroid dienone is 4. The van der Waals surface area contributed by atoms with Gasteiger partial charge in [0.15, 0.2) is 0 Å². The molecule has 0 saturated heterocycles. The number of carbonyl (C=O) groups is 1. The van der Waals surface area contributed by atoms with Crippen LogP contribution >= 0.6 is 7.82 Å². The number of carbonyl (C=O) groups excluding carboxylic acids is 1. The number of nitrogens with zero attached hydrogens (tertiary/aromatic N) is 1. The Morgan fingerprint density at radius 1 is 0.447 bits per heavy atom. The molecule has 0 saturated carbocycles. The van der Waals surface area contributed by atoms with Gasteiger partial charge in [-0.1, -0.05) is 321 Å². The third-order valence-electron chi connectivity index (χ3n) is 15.7. The van der Waals surface area contributed by atoms with Crippen LogP contribution in [0, 0.1) is 0 Å². The van der Waals surface area contributed by atoms with E-state index in [1.807, 2.05) is 21.1 Å². The Balaban J connectivity index is 4.03. The fourth-order valence-electron chi connectivity index (χ4n) is 10.4. The highest BCUT2D eigenvalue weighted by Gasteiger charge is 2.28. The summed E-state index contributed by atoms with van der Waals surface area (Å²) in [6, 6.07) is -0.760. The van der Waals surface area contributed by atoms with Gasteiger partial charge in [-0.25, -0.2) is 4.57 Å². The number of rotatable bonds is 63. The Labute approximate surface area is 474 Å². The number of quaternary nitrogens is 1. The molecule has 3 unspecified atom stereocenters. The third-order valence-corrected chi connectivity index (χ3v) is 16.7. The lowest BCUT2D eigenvalue weighted by Gasteiger charge is -2.26. The molecule has 9 heteroatoms. The molecule has 1 amide bonds. The number of hydrogen-bond donors (Lipinski definition) is 3. The number of unbranched alkanes of at least 4 members (excludes halogenated alkanes) is 46. The first-order valence-electron chi connectivity index (χ1n) is 33.7. The highest BCUT2D eigenvalue weighted by molar-refractivity contribution is 7.47. The highest BCUT2D eigenvalue weighted by Crippen LogP contribution is 2.43. The van der Waals surface area contributed by atoms with Gasteiger partial charge in [0.05, 0.1) is 39.9 Å². The van der Waals surface area contributed by atoms with Crippen molar-refractivity contribution in [2.24, 2.45) is 0 Å². The number of aliphatic hydroxyl groups is 1. The van der Waals surface area contributed by atoms with Crippen molar-refractivity contribution in [1.29, 1.82) is 0 Å². The van der Waals surface area contributed by atoms with E-state index in [1.165, 1.54) is 276 Å². The lowest BCUT2D eigenvalue weighted by Crippen LogP contribution is -2.46. The fraction of sp³-hybridized carbons (Fsp3) is 0.925. The van der Waals surface area contributed by atoms with E-state index in [-0.39, 0.29) is 19.1 Å². The molecule has 0 bridgehead atoms. The molecule has 0 aliphatic rings. The van der Waals surface area contributed by atoms with Crippen molar-refractivity contribution in [3.05, 3.63) is 24.3 Å². The van der Waals surface area contributed by atoms with E-state index < -0.39 is 20.0 Å². The molecule has 8 nitrogen and oxygen atoms in total. The van der Waals surface area contributed by atoms with Crippen LogP contribution in [0.15, 0.2) is 24.3 Å². The normalized spacial score (nSPS) is 13.8. The monoisotopic (exact) mass is 1090 g/mol. The second-order valence-corrected chi connectivity index (χ2v) is 26.0. The molecule has 0 aliphatic carbocycles. The Kier molecular flexibility index (Phi) is 57.8. The number of aliphatic hydroxyl groups excluding tert-OH is 1. The van der Waals surface area contributed by atoms with Crippen LogP contribution in [-0.2, 0) is 18.4 Å². The van der Waals surface area contributed by atoms with E-state index in [0.717, 1.165) is 44.9 Å². The molecule has 452 valence electrons. The van der Waals surface area contributed by atoms with Crippen LogP contribution in [0.4, 0.5) is 0 Å². The molecule has 3 atom stereocenters. The fourth-order valence-corrected chi connectivity index (χ4v) is 11.2. The predicted molar refractivity (Wildman–Crippen MR) is 332 cm³/mol. The van der Waals surface area contributed by atoms with Gasteiger partial charge >= 0.3 is 7.82 Å². The van der Waals surface area contributed by atoms with Gasteiger partial charge in [0.1, 0.15) is 13.2 Å². The minimum absolute atomic E-state index is 0.0769. The van der Waals surface area contributed by atoms with E-state index in [2.05, 4.69) is 43.5 Å². The SMILES string of the molecule is CCCCCCCCCCC/C=C\C/C=C\CCCCCCCCCCCCCCCCCC(=O)NC(COP(=O)(O)OCC[N+](C)(C)C)C(O)CCCCCCCCCCCCCCCCCCCCCCCCC.